The predicted octanol–water partition coefficient (Wildman–Crippen LogP) is -0.0743. The molecule has 0 saturated heterocycles. The monoisotopic (exact) mass is 539 g/mol. The van der Waals surface area contributed by atoms with Gasteiger partial charge in [-0.25, -0.2) is 4.79 Å². The fraction of sp³-hybridized carbons (Fsp3) is 0.333. The maximum absolute atomic E-state index is 13.2. The summed E-state index contributed by atoms with van der Waals surface area (Å²) in [4.78, 5) is 53.1. The summed E-state index contributed by atoms with van der Waals surface area (Å²) in [5.41, 5.74) is 8.55. The molecule has 208 valence electrons. The van der Waals surface area contributed by atoms with E-state index in [1.165, 1.54) is 26.0 Å². The van der Waals surface area contributed by atoms with Crippen molar-refractivity contribution in [3.8, 4) is 5.75 Å². The molecule has 5 atom stereocenters. The normalized spacial score (nSPS) is 15.0. The molecule has 0 spiro atoms. The lowest BCUT2D eigenvalue weighted by Crippen LogP contribution is -2.58. The van der Waals surface area contributed by atoms with E-state index in [1.807, 2.05) is 24.3 Å². The second-order valence-corrected chi connectivity index (χ2v) is 9.40. The third-order valence-electron chi connectivity index (χ3n) is 6.26. The minimum Gasteiger partial charge on any atom is -0.508 e. The number of phenolic OH excluding ortho intramolecular Hbond substituents is 1. The van der Waals surface area contributed by atoms with Gasteiger partial charge < -0.3 is 42.0 Å². The molecule has 3 rings (SSSR count). The number of aromatic nitrogens is 1. The molecule has 0 fully saturated rings. The van der Waals surface area contributed by atoms with E-state index < -0.39 is 54.0 Å². The largest absolute Gasteiger partial charge is 0.508 e. The fourth-order valence-corrected chi connectivity index (χ4v) is 4.03. The van der Waals surface area contributed by atoms with Crippen LogP contribution < -0.4 is 21.7 Å². The molecule has 0 aliphatic heterocycles. The molecular weight excluding hydrogens is 506 g/mol. The van der Waals surface area contributed by atoms with Crippen molar-refractivity contribution in [2.24, 2.45) is 5.73 Å². The van der Waals surface area contributed by atoms with Crippen LogP contribution in [0.25, 0.3) is 10.9 Å². The Morgan fingerprint density at radius 2 is 1.56 bits per heavy atom. The molecule has 0 saturated carbocycles. The number of carbonyl (C=O) groups excluding carboxylic acids is 3. The standard InChI is InChI=1S/C27H33N5O7/c1-14(24(35)32-23(15(2)33)27(38)39)30-26(37)22(11-16-7-9-18(34)10-8-16)31-25(36)20(28)12-17-13-29-21-6-4-3-5-19(17)21/h3-10,13-15,20,22-23,29,33-34H,11-12,28H2,1-2H3,(H,30,37)(H,31,36)(H,32,35)(H,38,39). The number of fused-ring (bicyclic) bond motifs is 1. The van der Waals surface area contributed by atoms with Gasteiger partial charge >= 0.3 is 5.97 Å². The van der Waals surface area contributed by atoms with Crippen molar-refractivity contribution in [3.63, 3.8) is 0 Å². The Morgan fingerprint density at radius 3 is 2.21 bits per heavy atom. The molecule has 0 aliphatic rings. The number of para-hydroxylation sites is 1. The van der Waals surface area contributed by atoms with Crippen LogP contribution in [0, 0.1) is 0 Å². The van der Waals surface area contributed by atoms with Gasteiger partial charge in [0, 0.05) is 23.5 Å². The number of carbonyl (C=O) groups is 4. The number of nitrogens with two attached hydrogens (primary N) is 1. The molecule has 5 unspecified atom stereocenters. The van der Waals surface area contributed by atoms with Gasteiger partial charge in [-0.3, -0.25) is 14.4 Å². The Balaban J connectivity index is 1.72. The Labute approximate surface area is 224 Å². The van der Waals surface area contributed by atoms with Crippen LogP contribution in [0.3, 0.4) is 0 Å². The zero-order valence-corrected chi connectivity index (χ0v) is 21.5. The van der Waals surface area contributed by atoms with E-state index >= 15 is 0 Å². The van der Waals surface area contributed by atoms with Crippen LogP contribution in [0.4, 0.5) is 0 Å². The third-order valence-corrected chi connectivity index (χ3v) is 6.26. The van der Waals surface area contributed by atoms with Gasteiger partial charge in [0.15, 0.2) is 6.04 Å². The van der Waals surface area contributed by atoms with Crippen molar-refractivity contribution in [3.05, 3.63) is 65.9 Å². The Bertz CT molecular complexity index is 1320. The number of phenols is 1. The predicted molar refractivity (Wildman–Crippen MR) is 143 cm³/mol. The van der Waals surface area contributed by atoms with Crippen molar-refractivity contribution >= 4 is 34.6 Å². The molecule has 0 bridgehead atoms. The first-order valence-corrected chi connectivity index (χ1v) is 12.4. The van der Waals surface area contributed by atoms with Gasteiger partial charge in [-0.15, -0.1) is 0 Å². The van der Waals surface area contributed by atoms with E-state index in [9.17, 15) is 34.5 Å². The van der Waals surface area contributed by atoms with Gasteiger partial charge in [0.1, 0.15) is 17.8 Å². The van der Waals surface area contributed by atoms with Crippen LogP contribution in [-0.2, 0) is 32.0 Å². The second kappa shape index (κ2) is 12.9. The molecule has 39 heavy (non-hydrogen) atoms. The van der Waals surface area contributed by atoms with Gasteiger partial charge in [0.25, 0.3) is 0 Å². The lowest BCUT2D eigenvalue weighted by molar-refractivity contribution is -0.145. The average molecular weight is 540 g/mol. The van der Waals surface area contributed by atoms with E-state index in [1.54, 1.807) is 18.3 Å². The van der Waals surface area contributed by atoms with Gasteiger partial charge in [-0.1, -0.05) is 30.3 Å². The first kappa shape index (κ1) is 29.1. The Kier molecular flexibility index (Phi) is 9.63. The molecular formula is C27H33N5O7. The van der Waals surface area contributed by atoms with Gasteiger partial charge in [-0.2, -0.15) is 0 Å². The van der Waals surface area contributed by atoms with Crippen molar-refractivity contribution in [2.75, 3.05) is 0 Å². The highest BCUT2D eigenvalue weighted by Gasteiger charge is 2.30. The highest BCUT2D eigenvalue weighted by atomic mass is 16.4. The number of aliphatic hydroxyl groups is 1. The number of carboxylic acid groups (broad SMARTS) is 1. The minimum absolute atomic E-state index is 0.0252. The lowest BCUT2D eigenvalue weighted by Gasteiger charge is -2.24. The average Bonchev–Trinajstić information content (AvgIpc) is 3.30. The van der Waals surface area contributed by atoms with Crippen LogP contribution in [0.2, 0.25) is 0 Å². The van der Waals surface area contributed by atoms with Crippen LogP contribution in [0.1, 0.15) is 25.0 Å². The highest BCUT2D eigenvalue weighted by Crippen LogP contribution is 2.19. The summed E-state index contributed by atoms with van der Waals surface area (Å²) >= 11 is 0. The van der Waals surface area contributed by atoms with Crippen molar-refractivity contribution < 1.29 is 34.5 Å². The summed E-state index contributed by atoms with van der Waals surface area (Å²) in [6.45, 7) is 2.56. The number of rotatable bonds is 12. The topological polar surface area (TPSA) is 207 Å². The molecule has 12 nitrogen and oxygen atoms in total. The fourth-order valence-electron chi connectivity index (χ4n) is 4.03. The zero-order chi connectivity index (χ0) is 28.7. The van der Waals surface area contributed by atoms with Crippen LogP contribution in [0.15, 0.2) is 54.7 Å². The number of aromatic hydroxyl groups is 1. The number of aliphatic hydroxyl groups excluding tert-OH is 1. The molecule has 3 aromatic rings. The first-order chi connectivity index (χ1) is 18.5. The first-order valence-electron chi connectivity index (χ1n) is 12.4. The number of aliphatic carboxylic acids is 1. The molecule has 0 radical (unpaired) electrons. The Hall–Kier alpha value is -4.42. The summed E-state index contributed by atoms with van der Waals surface area (Å²) in [6, 6.07) is 8.75. The molecule has 9 N–H and O–H groups in total. The van der Waals surface area contributed by atoms with E-state index in [4.69, 9.17) is 5.73 Å². The smallest absolute Gasteiger partial charge is 0.328 e. The quantitative estimate of drug-likeness (QED) is 0.156. The van der Waals surface area contributed by atoms with Crippen molar-refractivity contribution in [1.29, 1.82) is 0 Å². The van der Waals surface area contributed by atoms with Gasteiger partial charge in [0.05, 0.1) is 12.1 Å². The number of amides is 3. The summed E-state index contributed by atoms with van der Waals surface area (Å²) in [5.74, 6) is -3.53. The summed E-state index contributed by atoms with van der Waals surface area (Å²) in [6.07, 6.45) is 0.640. The zero-order valence-electron chi connectivity index (χ0n) is 21.5. The molecule has 0 aliphatic carbocycles. The van der Waals surface area contributed by atoms with E-state index in [0.717, 1.165) is 16.5 Å². The summed E-state index contributed by atoms with van der Waals surface area (Å²) in [7, 11) is 0. The number of benzene rings is 2. The maximum Gasteiger partial charge on any atom is 0.328 e. The van der Waals surface area contributed by atoms with E-state index in [-0.39, 0.29) is 18.6 Å². The lowest BCUT2D eigenvalue weighted by atomic mass is 10.0. The number of carboxylic acids is 1. The maximum atomic E-state index is 13.2. The molecule has 3 amide bonds. The number of hydrogen-bond donors (Lipinski definition) is 8. The SMILES string of the molecule is CC(NC(=O)C(Cc1ccc(O)cc1)NC(=O)C(N)Cc1c[nH]c2ccccc12)C(=O)NC(C(=O)O)C(C)O. The Morgan fingerprint density at radius 1 is 0.897 bits per heavy atom. The van der Waals surface area contributed by atoms with Crippen molar-refractivity contribution in [2.45, 2.75) is 57.0 Å². The number of hydrogen-bond acceptors (Lipinski definition) is 7. The van der Waals surface area contributed by atoms with E-state index in [2.05, 4.69) is 20.9 Å². The minimum atomic E-state index is -1.56. The van der Waals surface area contributed by atoms with Gasteiger partial charge in [-0.05, 0) is 49.6 Å². The highest BCUT2D eigenvalue weighted by molar-refractivity contribution is 5.94. The number of H-pyrrole nitrogens is 1. The van der Waals surface area contributed by atoms with Crippen LogP contribution >= 0.6 is 0 Å². The van der Waals surface area contributed by atoms with E-state index in [0.29, 0.717) is 5.56 Å². The summed E-state index contributed by atoms with van der Waals surface area (Å²) < 4.78 is 0. The molecule has 2 aromatic carbocycles. The van der Waals surface area contributed by atoms with Crippen LogP contribution in [0.5, 0.6) is 5.75 Å². The van der Waals surface area contributed by atoms with Crippen molar-refractivity contribution in [1.82, 2.24) is 20.9 Å². The molecule has 12 heteroatoms. The van der Waals surface area contributed by atoms with Crippen LogP contribution in [-0.4, -0.2) is 74.3 Å². The van der Waals surface area contributed by atoms with Gasteiger partial charge in [0.2, 0.25) is 17.7 Å². The number of nitrogens with one attached hydrogen (secondary N) is 4. The molecule has 1 heterocycles. The molecule has 1 aromatic heterocycles. The number of aromatic amines is 1. The third kappa shape index (κ3) is 7.79. The second-order valence-electron chi connectivity index (χ2n) is 9.40. The summed E-state index contributed by atoms with van der Waals surface area (Å²) in [5, 5.41) is 36.6.